The zero-order chi connectivity index (χ0) is 21.3. The van der Waals surface area contributed by atoms with Crippen LogP contribution in [0.2, 0.25) is 0 Å². The minimum atomic E-state index is -0.873. The summed E-state index contributed by atoms with van der Waals surface area (Å²) in [6, 6.07) is 0. The molecular formula is C23H31NO5S. The SMILES string of the molecule is CCOC(=O)c1c(NC(=O)[C@@H]2[C@@H]3CC[C@@H](C3)[C@@H]2C(=O)O)sc2c1CCCCCCC2. The zero-order valence-corrected chi connectivity index (χ0v) is 18.4. The van der Waals surface area contributed by atoms with Gasteiger partial charge in [0.25, 0.3) is 0 Å². The molecule has 1 heterocycles. The van der Waals surface area contributed by atoms with Crippen LogP contribution in [0.25, 0.3) is 0 Å². The van der Waals surface area contributed by atoms with Crippen LogP contribution in [0.5, 0.6) is 0 Å². The van der Waals surface area contributed by atoms with Gasteiger partial charge in [0.15, 0.2) is 0 Å². The molecule has 2 saturated carbocycles. The lowest BCUT2D eigenvalue weighted by molar-refractivity contribution is -0.148. The van der Waals surface area contributed by atoms with Crippen molar-refractivity contribution in [3.8, 4) is 0 Å². The number of aliphatic carboxylic acids is 1. The summed E-state index contributed by atoms with van der Waals surface area (Å²) in [6.07, 6.45) is 10.0. The number of rotatable bonds is 5. The summed E-state index contributed by atoms with van der Waals surface area (Å²) in [5.74, 6) is -2.39. The van der Waals surface area contributed by atoms with E-state index in [9.17, 15) is 19.5 Å². The molecule has 0 unspecified atom stereocenters. The summed E-state index contributed by atoms with van der Waals surface area (Å²) in [6.45, 7) is 2.06. The Morgan fingerprint density at radius 2 is 1.70 bits per heavy atom. The van der Waals surface area contributed by atoms with Crippen LogP contribution in [0.4, 0.5) is 5.00 Å². The van der Waals surface area contributed by atoms with Gasteiger partial charge >= 0.3 is 11.9 Å². The Bertz CT molecular complexity index is 832. The maximum Gasteiger partial charge on any atom is 0.341 e. The molecule has 0 aromatic carbocycles. The van der Waals surface area contributed by atoms with E-state index in [4.69, 9.17) is 4.74 Å². The van der Waals surface area contributed by atoms with Crippen molar-refractivity contribution in [3.63, 3.8) is 0 Å². The van der Waals surface area contributed by atoms with Gasteiger partial charge in [-0.05, 0) is 69.3 Å². The van der Waals surface area contributed by atoms with Gasteiger partial charge in [0, 0.05) is 4.88 Å². The molecule has 4 atom stereocenters. The number of carboxylic acid groups (broad SMARTS) is 1. The van der Waals surface area contributed by atoms with Crippen LogP contribution >= 0.6 is 11.3 Å². The fourth-order valence-electron chi connectivity index (χ4n) is 5.82. The molecule has 0 radical (unpaired) electrons. The highest BCUT2D eigenvalue weighted by Gasteiger charge is 2.54. The largest absolute Gasteiger partial charge is 0.481 e. The molecule has 4 rings (SSSR count). The normalized spacial score (nSPS) is 28.2. The third kappa shape index (κ3) is 4.01. The molecule has 30 heavy (non-hydrogen) atoms. The smallest absolute Gasteiger partial charge is 0.341 e. The van der Waals surface area contributed by atoms with Crippen molar-refractivity contribution in [1.29, 1.82) is 0 Å². The molecule has 1 amide bonds. The Kier molecular flexibility index (Phi) is 6.46. The maximum absolute atomic E-state index is 13.2. The van der Waals surface area contributed by atoms with Gasteiger partial charge in [0.05, 0.1) is 24.0 Å². The number of nitrogens with one attached hydrogen (secondary N) is 1. The van der Waals surface area contributed by atoms with Crippen LogP contribution in [0.3, 0.4) is 0 Å². The van der Waals surface area contributed by atoms with Gasteiger partial charge in [-0.25, -0.2) is 4.79 Å². The molecule has 3 aliphatic carbocycles. The van der Waals surface area contributed by atoms with E-state index in [1.54, 1.807) is 6.92 Å². The molecule has 1 aromatic heterocycles. The first kappa shape index (κ1) is 21.3. The van der Waals surface area contributed by atoms with E-state index in [2.05, 4.69) is 5.32 Å². The molecule has 164 valence electrons. The first-order valence-electron chi connectivity index (χ1n) is 11.4. The van der Waals surface area contributed by atoms with Crippen LogP contribution in [-0.4, -0.2) is 29.6 Å². The summed E-state index contributed by atoms with van der Waals surface area (Å²) in [5, 5.41) is 13.2. The Labute approximate surface area is 181 Å². The molecule has 2 bridgehead atoms. The van der Waals surface area contributed by atoms with Crippen molar-refractivity contribution in [1.82, 2.24) is 0 Å². The topological polar surface area (TPSA) is 92.7 Å². The highest BCUT2D eigenvalue weighted by atomic mass is 32.1. The number of carbonyl (C=O) groups is 3. The highest BCUT2D eigenvalue weighted by Crippen LogP contribution is 2.53. The Morgan fingerprint density at radius 3 is 2.40 bits per heavy atom. The summed E-state index contributed by atoms with van der Waals surface area (Å²) in [5.41, 5.74) is 1.53. The molecule has 6 nitrogen and oxygen atoms in total. The highest BCUT2D eigenvalue weighted by molar-refractivity contribution is 7.17. The number of thiophene rings is 1. The summed E-state index contributed by atoms with van der Waals surface area (Å²) in [4.78, 5) is 39.1. The first-order valence-corrected chi connectivity index (χ1v) is 12.2. The molecule has 7 heteroatoms. The second-order valence-corrected chi connectivity index (χ2v) is 10.0. The van der Waals surface area contributed by atoms with E-state index in [0.717, 1.165) is 61.8 Å². The standard InChI is InChI=1S/C23H31NO5S/c1-2-29-23(28)19-15-8-6-4-3-5-7-9-16(15)30-21(19)24-20(25)17-13-10-11-14(12-13)18(17)22(26)27/h13-14,17-18H,2-12H2,1H3,(H,24,25)(H,26,27)/t13-,14+,17-,18+/m1/s1. The van der Waals surface area contributed by atoms with E-state index in [1.165, 1.54) is 24.2 Å². The zero-order valence-electron chi connectivity index (χ0n) is 17.6. The molecular weight excluding hydrogens is 402 g/mol. The number of amides is 1. The van der Waals surface area contributed by atoms with Crippen LogP contribution in [0, 0.1) is 23.7 Å². The fourth-order valence-corrected chi connectivity index (χ4v) is 7.10. The van der Waals surface area contributed by atoms with Crippen LogP contribution in [0.1, 0.15) is 79.1 Å². The van der Waals surface area contributed by atoms with Crippen LogP contribution in [0.15, 0.2) is 0 Å². The van der Waals surface area contributed by atoms with Crippen LogP contribution < -0.4 is 5.32 Å². The van der Waals surface area contributed by atoms with Crippen molar-refractivity contribution in [3.05, 3.63) is 16.0 Å². The number of aryl methyl sites for hydroxylation is 1. The van der Waals surface area contributed by atoms with Gasteiger partial charge < -0.3 is 15.2 Å². The molecule has 0 aliphatic heterocycles. The number of ether oxygens (including phenoxy) is 1. The minimum Gasteiger partial charge on any atom is -0.481 e. The van der Waals surface area contributed by atoms with E-state index in [1.807, 2.05) is 0 Å². The monoisotopic (exact) mass is 433 g/mol. The predicted molar refractivity (Wildman–Crippen MR) is 115 cm³/mol. The number of fused-ring (bicyclic) bond motifs is 3. The average molecular weight is 434 g/mol. The van der Waals surface area contributed by atoms with Crippen molar-refractivity contribution in [2.45, 2.75) is 71.1 Å². The van der Waals surface area contributed by atoms with Gasteiger partial charge in [0.1, 0.15) is 5.00 Å². The second kappa shape index (κ2) is 9.08. The van der Waals surface area contributed by atoms with Crippen molar-refractivity contribution >= 4 is 34.2 Å². The summed E-state index contributed by atoms with van der Waals surface area (Å²) < 4.78 is 5.33. The van der Waals surface area contributed by atoms with Gasteiger partial charge in [0.2, 0.25) is 5.91 Å². The van der Waals surface area contributed by atoms with E-state index in [0.29, 0.717) is 10.6 Å². The number of hydrogen-bond donors (Lipinski definition) is 2. The summed E-state index contributed by atoms with van der Waals surface area (Å²) in [7, 11) is 0. The third-order valence-electron chi connectivity index (χ3n) is 7.14. The average Bonchev–Trinajstić information content (AvgIpc) is 3.40. The van der Waals surface area contributed by atoms with E-state index < -0.39 is 17.8 Å². The lowest BCUT2D eigenvalue weighted by Gasteiger charge is -2.27. The van der Waals surface area contributed by atoms with E-state index >= 15 is 0 Å². The van der Waals surface area contributed by atoms with Crippen LogP contribution in [-0.2, 0) is 27.2 Å². The molecule has 1 aromatic rings. The Balaban J connectivity index is 1.63. The Hall–Kier alpha value is -1.89. The fraction of sp³-hybridized carbons (Fsp3) is 0.696. The number of carbonyl (C=O) groups excluding carboxylic acids is 2. The summed E-state index contributed by atoms with van der Waals surface area (Å²) >= 11 is 1.48. The van der Waals surface area contributed by atoms with Gasteiger partial charge in [-0.1, -0.05) is 19.3 Å². The number of anilines is 1. The lowest BCUT2D eigenvalue weighted by Crippen LogP contribution is -2.38. The van der Waals surface area contributed by atoms with Crippen molar-refractivity contribution < 1.29 is 24.2 Å². The molecule has 0 saturated heterocycles. The van der Waals surface area contributed by atoms with Gasteiger partial charge in [-0.3, -0.25) is 9.59 Å². The van der Waals surface area contributed by atoms with E-state index in [-0.39, 0.29) is 30.3 Å². The molecule has 2 N–H and O–H groups in total. The minimum absolute atomic E-state index is 0.0973. The number of carboxylic acids is 1. The van der Waals surface area contributed by atoms with Crippen molar-refractivity contribution in [2.24, 2.45) is 23.7 Å². The van der Waals surface area contributed by atoms with Gasteiger partial charge in [-0.15, -0.1) is 11.3 Å². The molecule has 0 spiro atoms. The van der Waals surface area contributed by atoms with Crippen molar-refractivity contribution in [2.75, 3.05) is 11.9 Å². The Morgan fingerprint density at radius 1 is 1.03 bits per heavy atom. The second-order valence-electron chi connectivity index (χ2n) is 8.91. The third-order valence-corrected chi connectivity index (χ3v) is 8.35. The number of hydrogen-bond acceptors (Lipinski definition) is 5. The molecule has 3 aliphatic rings. The number of esters is 1. The lowest BCUT2D eigenvalue weighted by atomic mass is 9.78. The molecule has 2 fully saturated rings. The maximum atomic E-state index is 13.2. The first-order chi connectivity index (χ1) is 14.5. The quantitative estimate of drug-likeness (QED) is 0.659. The predicted octanol–water partition coefficient (Wildman–Crippen LogP) is 4.66. The van der Waals surface area contributed by atoms with Gasteiger partial charge in [-0.2, -0.15) is 0 Å².